The lowest BCUT2D eigenvalue weighted by atomic mass is 10.2. The van der Waals surface area contributed by atoms with Crippen LogP contribution >= 0.6 is 11.3 Å². The fourth-order valence-electron chi connectivity index (χ4n) is 3.52. The van der Waals surface area contributed by atoms with Crippen molar-refractivity contribution in [2.45, 2.75) is 45.4 Å². The number of aromatic amines is 1. The van der Waals surface area contributed by atoms with Gasteiger partial charge < -0.3 is 10.1 Å². The molecule has 2 aromatic heterocycles. The van der Waals surface area contributed by atoms with Crippen molar-refractivity contribution in [3.63, 3.8) is 0 Å². The van der Waals surface area contributed by atoms with E-state index in [9.17, 15) is 4.79 Å². The number of benzene rings is 1. The molecular formula is C22H27N5O2S. The maximum Gasteiger partial charge on any atom is 0.407 e. The van der Waals surface area contributed by atoms with E-state index in [0.29, 0.717) is 18.2 Å². The van der Waals surface area contributed by atoms with Crippen LogP contribution < -0.4 is 5.32 Å². The zero-order chi connectivity index (χ0) is 20.6. The third kappa shape index (κ3) is 5.90. The highest BCUT2D eigenvalue weighted by Crippen LogP contribution is 2.27. The van der Waals surface area contributed by atoms with Gasteiger partial charge in [0.25, 0.3) is 0 Å². The molecule has 1 amide bonds. The second-order valence-corrected chi connectivity index (χ2v) is 8.65. The van der Waals surface area contributed by atoms with Crippen molar-refractivity contribution in [2.24, 2.45) is 0 Å². The van der Waals surface area contributed by atoms with E-state index in [1.807, 2.05) is 30.3 Å². The van der Waals surface area contributed by atoms with Crippen LogP contribution in [0.1, 0.15) is 41.9 Å². The number of H-pyrrole nitrogens is 1. The predicted molar refractivity (Wildman–Crippen MR) is 117 cm³/mol. The second-order valence-electron chi connectivity index (χ2n) is 7.48. The summed E-state index contributed by atoms with van der Waals surface area (Å²) in [6, 6.07) is 13.9. The van der Waals surface area contributed by atoms with Gasteiger partial charge in [-0.15, -0.1) is 11.3 Å². The molecule has 2 N–H and O–H groups in total. The van der Waals surface area contributed by atoms with Crippen LogP contribution in [-0.2, 0) is 24.4 Å². The molecule has 0 unspecified atom stereocenters. The van der Waals surface area contributed by atoms with Crippen LogP contribution in [0.25, 0.3) is 10.7 Å². The number of alkyl carbamates (subject to hydrolysis) is 1. The van der Waals surface area contributed by atoms with E-state index < -0.39 is 6.09 Å². The van der Waals surface area contributed by atoms with Gasteiger partial charge in [0.05, 0.1) is 4.88 Å². The van der Waals surface area contributed by atoms with Crippen LogP contribution in [-0.4, -0.2) is 39.3 Å². The lowest BCUT2D eigenvalue weighted by molar-refractivity contribution is 0.136. The molecule has 0 aliphatic carbocycles. The molecule has 7 nitrogen and oxygen atoms in total. The number of carbonyl (C=O) groups excluding carboxylic acids is 1. The summed E-state index contributed by atoms with van der Waals surface area (Å²) in [4.78, 5) is 21.2. The van der Waals surface area contributed by atoms with Gasteiger partial charge in [0.1, 0.15) is 0 Å². The monoisotopic (exact) mass is 425 g/mol. The molecule has 1 aromatic carbocycles. The smallest absolute Gasteiger partial charge is 0.407 e. The van der Waals surface area contributed by atoms with E-state index in [-0.39, 0.29) is 6.61 Å². The normalized spacial score (nSPS) is 14.9. The molecule has 1 fully saturated rings. The van der Waals surface area contributed by atoms with Gasteiger partial charge in [0, 0.05) is 18.0 Å². The number of hydrogen-bond acceptors (Lipinski definition) is 6. The number of likely N-dealkylation sites (tertiary alicyclic amines) is 1. The standard InChI is InChI=1S/C22H27N5O2S/c28-22(23-14-17-8-4-3-5-9-17)29-16-20-24-21(26-25-20)19-11-10-18(30-19)15-27-12-6-1-2-7-13-27/h3-5,8-11H,1-2,6-7,12-16H2,(H,23,28)(H,24,25,26). The Bertz CT molecular complexity index is 932. The minimum Gasteiger partial charge on any atom is -0.441 e. The average molecular weight is 426 g/mol. The summed E-state index contributed by atoms with van der Waals surface area (Å²) in [7, 11) is 0. The van der Waals surface area contributed by atoms with Gasteiger partial charge in [-0.1, -0.05) is 43.2 Å². The number of ether oxygens (including phenoxy) is 1. The molecule has 1 saturated heterocycles. The van der Waals surface area contributed by atoms with Gasteiger partial charge >= 0.3 is 6.09 Å². The summed E-state index contributed by atoms with van der Waals surface area (Å²) in [5.74, 6) is 1.17. The predicted octanol–water partition coefficient (Wildman–Crippen LogP) is 4.34. The third-order valence-corrected chi connectivity index (χ3v) is 6.18. The second kappa shape index (κ2) is 10.4. The van der Waals surface area contributed by atoms with Crippen LogP contribution in [0.5, 0.6) is 0 Å². The quantitative estimate of drug-likeness (QED) is 0.588. The average Bonchev–Trinajstić information content (AvgIpc) is 3.36. The first-order chi connectivity index (χ1) is 14.8. The molecule has 1 aliphatic heterocycles. The maximum absolute atomic E-state index is 11.9. The Morgan fingerprint density at radius 1 is 1.10 bits per heavy atom. The molecule has 3 heterocycles. The Morgan fingerprint density at radius 3 is 2.70 bits per heavy atom. The van der Waals surface area contributed by atoms with E-state index >= 15 is 0 Å². The number of amides is 1. The SMILES string of the molecule is O=C(NCc1ccccc1)OCc1nc(-c2ccc(CN3CCCCCC3)s2)n[nH]1. The number of aromatic nitrogens is 3. The van der Waals surface area contributed by atoms with Gasteiger partial charge in [-0.3, -0.25) is 10.00 Å². The number of hydrogen-bond donors (Lipinski definition) is 2. The zero-order valence-electron chi connectivity index (χ0n) is 17.0. The number of thiophene rings is 1. The van der Waals surface area contributed by atoms with Crippen molar-refractivity contribution >= 4 is 17.4 Å². The maximum atomic E-state index is 11.9. The van der Waals surface area contributed by atoms with Crippen molar-refractivity contribution in [3.05, 3.63) is 58.7 Å². The lowest BCUT2D eigenvalue weighted by Crippen LogP contribution is -2.23. The third-order valence-electron chi connectivity index (χ3n) is 5.11. The summed E-state index contributed by atoms with van der Waals surface area (Å²) in [6.45, 7) is 3.84. The summed E-state index contributed by atoms with van der Waals surface area (Å²) >= 11 is 1.72. The fourth-order valence-corrected chi connectivity index (χ4v) is 4.51. The Morgan fingerprint density at radius 2 is 1.90 bits per heavy atom. The summed E-state index contributed by atoms with van der Waals surface area (Å²) in [5.41, 5.74) is 1.02. The Hall–Kier alpha value is -2.71. The highest BCUT2D eigenvalue weighted by molar-refractivity contribution is 7.15. The molecular weight excluding hydrogens is 398 g/mol. The summed E-state index contributed by atoms with van der Waals surface area (Å²) in [6.07, 6.45) is 4.80. The zero-order valence-corrected chi connectivity index (χ0v) is 17.8. The molecule has 1 aliphatic rings. The summed E-state index contributed by atoms with van der Waals surface area (Å²) < 4.78 is 5.23. The number of rotatable bonds is 7. The molecule has 3 aromatic rings. The molecule has 158 valence electrons. The Balaban J connectivity index is 1.25. The first-order valence-corrected chi connectivity index (χ1v) is 11.3. The molecule has 8 heteroatoms. The largest absolute Gasteiger partial charge is 0.441 e. The van der Waals surface area contributed by atoms with Crippen LogP contribution in [0, 0.1) is 0 Å². The topological polar surface area (TPSA) is 83.1 Å². The Labute approximate surface area is 180 Å². The minimum absolute atomic E-state index is 0.0552. The highest BCUT2D eigenvalue weighted by Gasteiger charge is 2.14. The van der Waals surface area contributed by atoms with Gasteiger partial charge in [0.15, 0.2) is 18.3 Å². The van der Waals surface area contributed by atoms with Crippen LogP contribution in [0.3, 0.4) is 0 Å². The molecule has 4 rings (SSSR count). The van der Waals surface area contributed by atoms with Crippen molar-refractivity contribution in [1.82, 2.24) is 25.4 Å². The number of carbonyl (C=O) groups is 1. The molecule has 0 spiro atoms. The molecule has 0 bridgehead atoms. The summed E-state index contributed by atoms with van der Waals surface area (Å²) in [5, 5.41) is 9.87. The van der Waals surface area contributed by atoms with E-state index in [1.54, 1.807) is 11.3 Å². The van der Waals surface area contributed by atoms with Gasteiger partial charge in [-0.05, 0) is 43.6 Å². The van der Waals surface area contributed by atoms with Crippen LogP contribution in [0.4, 0.5) is 4.79 Å². The fraction of sp³-hybridized carbons (Fsp3) is 0.409. The van der Waals surface area contributed by atoms with E-state index in [0.717, 1.165) is 17.0 Å². The minimum atomic E-state index is -0.479. The molecule has 30 heavy (non-hydrogen) atoms. The lowest BCUT2D eigenvalue weighted by Gasteiger charge is -2.18. The number of nitrogens with zero attached hydrogens (tertiary/aromatic N) is 3. The van der Waals surface area contributed by atoms with Crippen LogP contribution in [0.15, 0.2) is 42.5 Å². The highest BCUT2D eigenvalue weighted by atomic mass is 32.1. The molecule has 0 atom stereocenters. The van der Waals surface area contributed by atoms with Crippen molar-refractivity contribution in [1.29, 1.82) is 0 Å². The Kier molecular flexibility index (Phi) is 7.10. The van der Waals surface area contributed by atoms with Crippen molar-refractivity contribution in [2.75, 3.05) is 13.1 Å². The first kappa shape index (κ1) is 20.6. The van der Waals surface area contributed by atoms with E-state index in [1.165, 1.54) is 43.6 Å². The van der Waals surface area contributed by atoms with Crippen molar-refractivity contribution in [3.8, 4) is 10.7 Å². The molecule has 0 saturated carbocycles. The number of nitrogens with one attached hydrogen (secondary N) is 2. The van der Waals surface area contributed by atoms with Crippen LogP contribution in [0.2, 0.25) is 0 Å². The first-order valence-electron chi connectivity index (χ1n) is 10.4. The van der Waals surface area contributed by atoms with Gasteiger partial charge in [-0.2, -0.15) is 5.10 Å². The van der Waals surface area contributed by atoms with Crippen molar-refractivity contribution < 1.29 is 9.53 Å². The van der Waals surface area contributed by atoms with E-state index in [2.05, 4.69) is 37.5 Å². The van der Waals surface area contributed by atoms with Gasteiger partial charge in [-0.25, -0.2) is 9.78 Å². The van der Waals surface area contributed by atoms with E-state index in [4.69, 9.17) is 4.74 Å². The molecule has 0 radical (unpaired) electrons. The van der Waals surface area contributed by atoms with Gasteiger partial charge in [0.2, 0.25) is 0 Å².